The normalized spacial score (nSPS) is 14.9. The fourth-order valence-corrected chi connectivity index (χ4v) is 3.41. The Morgan fingerprint density at radius 2 is 0.789 bits per heavy atom. The third-order valence-corrected chi connectivity index (χ3v) is 5.71. The van der Waals surface area contributed by atoms with E-state index >= 15 is 0 Å². The van der Waals surface area contributed by atoms with Gasteiger partial charge in [-0.05, 0) is 11.8 Å². The molecule has 0 unspecified atom stereocenters. The molecule has 0 aliphatic carbocycles. The summed E-state index contributed by atoms with van der Waals surface area (Å²) in [6.07, 6.45) is -7.81. The minimum absolute atomic E-state index is 0.317. The summed E-state index contributed by atoms with van der Waals surface area (Å²) < 4.78 is 242. The number of benzene rings is 1. The molecule has 0 saturated carbocycles. The number of rotatable bonds is 11. The molecule has 1 rings (SSSR count). The van der Waals surface area contributed by atoms with Gasteiger partial charge in [-0.1, -0.05) is 0 Å². The highest BCUT2D eigenvalue weighted by molar-refractivity contribution is 8.00. The SMILES string of the molecule is COc1cc(OC)c(SC(F)(F)C(F)(F)C(F)(F)C(F)(F)C(F)(F)C(F)(F)C(F)(F)C(F)(F)F)c(OC)c1. The molecule has 0 saturated heterocycles. The molecular weight excluding hydrogens is 607 g/mol. The third-order valence-electron chi connectivity index (χ3n) is 4.59. The monoisotopic (exact) mass is 618 g/mol. The second kappa shape index (κ2) is 9.76. The molecule has 0 aliphatic rings. The number of alkyl halides is 17. The van der Waals surface area contributed by atoms with E-state index in [9.17, 15) is 74.6 Å². The van der Waals surface area contributed by atoms with Crippen LogP contribution >= 0.6 is 11.8 Å². The van der Waals surface area contributed by atoms with Crippen molar-refractivity contribution < 1.29 is 88.8 Å². The molecule has 3 nitrogen and oxygen atoms in total. The van der Waals surface area contributed by atoms with Crippen LogP contribution in [-0.2, 0) is 0 Å². The van der Waals surface area contributed by atoms with Crippen molar-refractivity contribution in [3.05, 3.63) is 12.1 Å². The molecule has 0 bridgehead atoms. The first-order valence-electron chi connectivity index (χ1n) is 8.86. The maximum Gasteiger partial charge on any atom is 0.460 e. The summed E-state index contributed by atoms with van der Waals surface area (Å²) in [7, 11) is 2.30. The Morgan fingerprint density at radius 1 is 0.474 bits per heavy atom. The summed E-state index contributed by atoms with van der Waals surface area (Å²) in [6, 6.07) is 1.25. The van der Waals surface area contributed by atoms with Gasteiger partial charge in [0.25, 0.3) is 0 Å². The van der Waals surface area contributed by atoms with Crippen LogP contribution in [0.4, 0.5) is 74.6 Å². The molecule has 0 aliphatic heterocycles. The average molecular weight is 618 g/mol. The molecule has 0 amide bonds. The number of methoxy groups -OCH3 is 3. The molecule has 0 aromatic heterocycles. The second-order valence-corrected chi connectivity index (χ2v) is 8.05. The molecular formula is C17H11F17O3S. The maximum atomic E-state index is 14.3. The Bertz CT molecular complexity index is 981. The predicted molar refractivity (Wildman–Crippen MR) is 92.6 cm³/mol. The first kappa shape index (κ1) is 33.8. The molecule has 222 valence electrons. The molecule has 0 fully saturated rings. The molecule has 1 aromatic carbocycles. The molecule has 0 radical (unpaired) electrons. The first-order chi connectivity index (χ1) is 16.7. The summed E-state index contributed by atoms with van der Waals surface area (Å²) in [4.78, 5) is -1.40. The number of ether oxygens (including phenoxy) is 3. The van der Waals surface area contributed by atoms with Gasteiger partial charge in [0, 0.05) is 12.1 Å². The van der Waals surface area contributed by atoms with Crippen LogP contribution in [0.3, 0.4) is 0 Å². The fourth-order valence-electron chi connectivity index (χ4n) is 2.42. The molecule has 0 spiro atoms. The topological polar surface area (TPSA) is 27.7 Å². The molecule has 0 N–H and O–H groups in total. The highest BCUT2D eigenvalue weighted by Gasteiger charge is 2.95. The third kappa shape index (κ3) is 4.71. The van der Waals surface area contributed by atoms with E-state index in [1.807, 2.05) is 0 Å². The smallest absolute Gasteiger partial charge is 0.460 e. The van der Waals surface area contributed by atoms with E-state index in [2.05, 4.69) is 14.2 Å². The largest absolute Gasteiger partial charge is 0.496 e. The van der Waals surface area contributed by atoms with Gasteiger partial charge in [0.2, 0.25) is 0 Å². The zero-order valence-corrected chi connectivity index (χ0v) is 19.0. The van der Waals surface area contributed by atoms with Crippen molar-refractivity contribution in [3.63, 3.8) is 0 Å². The number of hydrogen-bond acceptors (Lipinski definition) is 4. The zero-order valence-electron chi connectivity index (χ0n) is 18.2. The summed E-state index contributed by atoms with van der Waals surface area (Å²) >= 11 is -1.82. The van der Waals surface area contributed by atoms with E-state index in [-0.39, 0.29) is 5.75 Å². The maximum absolute atomic E-state index is 14.3. The van der Waals surface area contributed by atoms with Gasteiger partial charge < -0.3 is 14.2 Å². The minimum atomic E-state index is -8.69. The quantitative estimate of drug-likeness (QED) is 0.187. The molecule has 38 heavy (non-hydrogen) atoms. The lowest BCUT2D eigenvalue weighted by molar-refractivity contribution is -0.458. The van der Waals surface area contributed by atoms with Gasteiger partial charge in [0.05, 0.1) is 26.2 Å². The van der Waals surface area contributed by atoms with Crippen LogP contribution in [0.1, 0.15) is 0 Å². The fraction of sp³-hybridized carbons (Fsp3) is 0.647. The predicted octanol–water partition coefficient (Wildman–Crippen LogP) is 7.77. The molecule has 1 aromatic rings. The second-order valence-electron chi connectivity index (χ2n) is 6.92. The lowest BCUT2D eigenvalue weighted by Crippen LogP contribution is -2.74. The molecule has 0 atom stereocenters. The van der Waals surface area contributed by atoms with Crippen molar-refractivity contribution in [1.82, 2.24) is 0 Å². The van der Waals surface area contributed by atoms with Crippen LogP contribution in [-0.4, -0.2) is 68.3 Å². The lowest BCUT2D eigenvalue weighted by Gasteiger charge is -2.42. The van der Waals surface area contributed by atoms with Gasteiger partial charge in [-0.15, -0.1) is 0 Å². The number of thioether (sulfide) groups is 1. The minimum Gasteiger partial charge on any atom is -0.496 e. The van der Waals surface area contributed by atoms with Gasteiger partial charge in [-0.2, -0.15) is 74.6 Å². The van der Waals surface area contributed by atoms with E-state index in [1.165, 1.54) is 0 Å². The van der Waals surface area contributed by atoms with Crippen molar-refractivity contribution >= 4 is 11.8 Å². The summed E-state index contributed by atoms with van der Waals surface area (Å²) in [5.41, 5.74) is 0. The Kier molecular flexibility index (Phi) is 8.68. The van der Waals surface area contributed by atoms with E-state index in [1.54, 1.807) is 0 Å². The summed E-state index contributed by atoms with van der Waals surface area (Å²) in [6.45, 7) is 0. The van der Waals surface area contributed by atoms with Crippen LogP contribution in [0.15, 0.2) is 17.0 Å². The van der Waals surface area contributed by atoms with E-state index in [0.29, 0.717) is 26.4 Å². The van der Waals surface area contributed by atoms with Crippen molar-refractivity contribution in [3.8, 4) is 17.2 Å². The van der Waals surface area contributed by atoms with Gasteiger partial charge in [-0.3, -0.25) is 0 Å². The van der Waals surface area contributed by atoms with Crippen molar-refractivity contribution in [2.45, 2.75) is 51.9 Å². The Hall–Kier alpha value is -2.22. The Balaban J connectivity index is 3.73. The van der Waals surface area contributed by atoms with E-state index in [0.717, 1.165) is 7.11 Å². The number of halogens is 17. The Morgan fingerprint density at radius 3 is 1.08 bits per heavy atom. The van der Waals surface area contributed by atoms with Crippen LogP contribution in [0.2, 0.25) is 0 Å². The molecule has 21 heteroatoms. The molecule has 0 heterocycles. The van der Waals surface area contributed by atoms with Crippen LogP contribution < -0.4 is 14.2 Å². The van der Waals surface area contributed by atoms with Gasteiger partial charge in [-0.25, -0.2) is 0 Å². The van der Waals surface area contributed by atoms with Gasteiger partial charge in [0.15, 0.2) is 0 Å². The Labute approximate surface area is 204 Å². The lowest BCUT2D eigenvalue weighted by atomic mass is 9.91. The highest BCUT2D eigenvalue weighted by atomic mass is 32.2. The van der Waals surface area contributed by atoms with Crippen molar-refractivity contribution in [1.29, 1.82) is 0 Å². The van der Waals surface area contributed by atoms with Crippen molar-refractivity contribution in [2.24, 2.45) is 0 Å². The van der Waals surface area contributed by atoms with Crippen molar-refractivity contribution in [2.75, 3.05) is 21.3 Å². The highest BCUT2D eigenvalue weighted by Crippen LogP contribution is 2.66. The van der Waals surface area contributed by atoms with Crippen LogP contribution in [0.5, 0.6) is 17.2 Å². The van der Waals surface area contributed by atoms with E-state index in [4.69, 9.17) is 0 Å². The standard InChI is InChI=1S/C17H11F17O3S/c1-35-6-4-7(36-2)9(8(5-6)37-3)38-17(33,34)15(28,29)13(24,25)11(20,21)10(18,19)12(22,23)14(26,27)16(30,31)32/h4-5H,1-3H3. The van der Waals surface area contributed by atoms with Gasteiger partial charge in [0.1, 0.15) is 17.2 Å². The first-order valence-corrected chi connectivity index (χ1v) is 9.68. The summed E-state index contributed by atoms with van der Waals surface area (Å²) in [5.74, 6) is -52.6. The van der Waals surface area contributed by atoms with Gasteiger partial charge >= 0.3 is 47.0 Å². The number of hydrogen-bond donors (Lipinski definition) is 0. The zero-order chi connectivity index (χ0) is 30.6. The van der Waals surface area contributed by atoms with E-state index < -0.39 is 75.1 Å². The van der Waals surface area contributed by atoms with Crippen LogP contribution in [0.25, 0.3) is 0 Å². The average Bonchev–Trinajstić information content (AvgIpc) is 2.77. The summed E-state index contributed by atoms with van der Waals surface area (Å²) in [5, 5.41) is -6.72. The van der Waals surface area contributed by atoms with Crippen LogP contribution in [0, 0.1) is 0 Å².